The Bertz CT molecular complexity index is 685. The van der Waals surface area contributed by atoms with E-state index in [2.05, 4.69) is 0 Å². The summed E-state index contributed by atoms with van der Waals surface area (Å²) in [5.41, 5.74) is -1.28. The molecule has 192 valence electrons. The number of carbonyl (C=O) groups is 2. The fourth-order valence-electron chi connectivity index (χ4n) is 4.20. The molecule has 4 fully saturated rings. The Balaban J connectivity index is 0.000000191. The van der Waals surface area contributed by atoms with Crippen molar-refractivity contribution in [3.8, 4) is 0 Å². The van der Waals surface area contributed by atoms with Crippen molar-refractivity contribution in [2.45, 2.75) is 116 Å². The molecule has 0 N–H and O–H groups in total. The minimum atomic E-state index is -0.320. The predicted octanol–water partition coefficient (Wildman–Crippen LogP) is 4.06. The van der Waals surface area contributed by atoms with Gasteiger partial charge < -0.3 is 28.1 Å². The van der Waals surface area contributed by atoms with Gasteiger partial charge in [-0.3, -0.25) is 9.59 Å². The Hall–Kier alpha value is -1.09. The van der Waals surface area contributed by atoms with Crippen LogP contribution in [0.15, 0.2) is 0 Å². The lowest BCUT2D eigenvalue weighted by molar-refractivity contribution is -0.145. The monoisotopic (exact) mass is 480 g/mol. The van der Waals surface area contributed by atoms with E-state index >= 15 is 0 Å². The highest BCUT2D eigenvalue weighted by atomic mass is 16.7. The normalized spacial score (nSPS) is 33.6. The zero-order chi connectivity index (χ0) is 25.7. The highest BCUT2D eigenvalue weighted by Crippen LogP contribution is 2.54. The fourth-order valence-corrected chi connectivity index (χ4v) is 4.20. The van der Waals surface area contributed by atoms with Gasteiger partial charge in [0.1, 0.15) is 0 Å². The summed E-state index contributed by atoms with van der Waals surface area (Å²) in [4.78, 5) is 23.1. The Morgan fingerprint density at radius 3 is 1.15 bits per heavy atom. The van der Waals surface area contributed by atoms with Crippen LogP contribution in [0.4, 0.5) is 0 Å². The molecule has 0 radical (unpaired) electrons. The van der Waals surface area contributed by atoms with Gasteiger partial charge in [0.2, 0.25) is 0 Å². The standard InChI is InChI=1S/2C12H21BO4/c2*1-6-15-10(14)8-7-9(8)13-16-11(2,3)12(4,5)17-13/h2*8-9H,6-7H2,1-5H3/t2*8-,9-/m10/s1. The second-order valence-corrected chi connectivity index (χ2v) is 11.8. The van der Waals surface area contributed by atoms with Crippen LogP contribution in [-0.4, -0.2) is 61.8 Å². The molecule has 0 aromatic rings. The van der Waals surface area contributed by atoms with Crippen molar-refractivity contribution in [3.05, 3.63) is 0 Å². The fraction of sp³-hybridized carbons (Fsp3) is 0.917. The average Bonchev–Trinajstić information content (AvgIpc) is 3.58. The summed E-state index contributed by atoms with van der Waals surface area (Å²) in [6.07, 6.45) is 1.63. The smallest absolute Gasteiger partial charge is 0.462 e. The van der Waals surface area contributed by atoms with Crippen molar-refractivity contribution < 1.29 is 37.7 Å². The van der Waals surface area contributed by atoms with Gasteiger partial charge in [-0.2, -0.15) is 0 Å². The Morgan fingerprint density at radius 2 is 0.912 bits per heavy atom. The zero-order valence-electron chi connectivity index (χ0n) is 22.6. The van der Waals surface area contributed by atoms with Crippen LogP contribution in [0.1, 0.15) is 82.1 Å². The summed E-state index contributed by atoms with van der Waals surface area (Å²) in [6, 6.07) is 0. The lowest BCUT2D eigenvalue weighted by Crippen LogP contribution is -2.41. The number of esters is 2. The first-order valence-electron chi connectivity index (χ1n) is 12.6. The van der Waals surface area contributed by atoms with Gasteiger partial charge in [0.15, 0.2) is 0 Å². The van der Waals surface area contributed by atoms with Crippen LogP contribution in [0.5, 0.6) is 0 Å². The highest BCUT2D eigenvalue weighted by molar-refractivity contribution is 6.50. The van der Waals surface area contributed by atoms with Gasteiger partial charge in [-0.1, -0.05) is 0 Å². The minimum absolute atomic E-state index is 0.0374. The summed E-state index contributed by atoms with van der Waals surface area (Å²) in [7, 11) is -0.538. The minimum Gasteiger partial charge on any atom is -0.466 e. The van der Waals surface area contributed by atoms with Crippen LogP contribution in [0, 0.1) is 11.8 Å². The summed E-state index contributed by atoms with van der Waals surface area (Å²) < 4.78 is 33.7. The molecule has 2 aliphatic carbocycles. The van der Waals surface area contributed by atoms with E-state index in [-0.39, 0.29) is 72.0 Å². The van der Waals surface area contributed by atoms with Crippen LogP contribution in [-0.2, 0) is 37.7 Å². The summed E-state index contributed by atoms with van der Waals surface area (Å²) in [5, 5.41) is 0. The van der Waals surface area contributed by atoms with Crippen LogP contribution in [0.3, 0.4) is 0 Å². The zero-order valence-corrected chi connectivity index (χ0v) is 22.6. The number of rotatable bonds is 6. The summed E-state index contributed by atoms with van der Waals surface area (Å²) in [5.74, 6) is 0.0129. The molecule has 0 bridgehead atoms. The molecule has 0 amide bonds. The molecule has 2 heterocycles. The lowest BCUT2D eigenvalue weighted by Gasteiger charge is -2.32. The average molecular weight is 480 g/mol. The molecule has 0 aromatic carbocycles. The third-order valence-electron chi connectivity index (χ3n) is 8.10. The first-order valence-corrected chi connectivity index (χ1v) is 12.6. The maximum Gasteiger partial charge on any atom is 0.462 e. The van der Waals surface area contributed by atoms with E-state index in [1.165, 1.54) is 0 Å². The molecule has 4 aliphatic rings. The SMILES string of the molecule is CCOC(=O)[C@@H]1C[C@H]1B1OC(C)(C)C(C)(C)O1.CCOC(=O)[C@H]1C[C@@H]1B1OC(C)(C)C(C)(C)O1. The van der Waals surface area contributed by atoms with E-state index in [4.69, 9.17) is 28.1 Å². The molecule has 10 heteroatoms. The molecule has 2 saturated heterocycles. The van der Waals surface area contributed by atoms with Gasteiger partial charge in [0.05, 0.1) is 47.5 Å². The van der Waals surface area contributed by atoms with E-state index < -0.39 is 0 Å². The number of hydrogen-bond donors (Lipinski definition) is 0. The molecular weight excluding hydrogens is 438 g/mol. The molecule has 0 unspecified atom stereocenters. The molecule has 4 rings (SSSR count). The van der Waals surface area contributed by atoms with Gasteiger partial charge in [0.25, 0.3) is 0 Å². The molecule has 4 atom stereocenters. The molecule has 2 saturated carbocycles. The second-order valence-electron chi connectivity index (χ2n) is 11.8. The Morgan fingerprint density at radius 1 is 0.647 bits per heavy atom. The van der Waals surface area contributed by atoms with Crippen molar-refractivity contribution in [3.63, 3.8) is 0 Å². The van der Waals surface area contributed by atoms with Crippen LogP contribution < -0.4 is 0 Å². The third kappa shape index (κ3) is 5.50. The van der Waals surface area contributed by atoms with E-state index in [9.17, 15) is 9.59 Å². The van der Waals surface area contributed by atoms with Gasteiger partial charge in [-0.15, -0.1) is 0 Å². The summed E-state index contributed by atoms with van der Waals surface area (Å²) in [6.45, 7) is 20.7. The first kappa shape index (κ1) is 27.5. The first-order chi connectivity index (χ1) is 15.6. The predicted molar refractivity (Wildman–Crippen MR) is 129 cm³/mol. The van der Waals surface area contributed by atoms with Crippen LogP contribution in [0.25, 0.3) is 0 Å². The molecule has 0 aromatic heterocycles. The van der Waals surface area contributed by atoms with Gasteiger partial charge in [-0.05, 0) is 82.1 Å². The van der Waals surface area contributed by atoms with Crippen molar-refractivity contribution >= 4 is 26.2 Å². The largest absolute Gasteiger partial charge is 0.466 e. The van der Waals surface area contributed by atoms with Crippen LogP contribution in [0.2, 0.25) is 11.6 Å². The van der Waals surface area contributed by atoms with E-state index in [0.717, 1.165) is 12.8 Å². The topological polar surface area (TPSA) is 89.5 Å². The quantitative estimate of drug-likeness (QED) is 0.416. The second kappa shape index (κ2) is 9.41. The van der Waals surface area contributed by atoms with Crippen molar-refractivity contribution in [2.75, 3.05) is 13.2 Å². The number of hydrogen-bond acceptors (Lipinski definition) is 8. The molecule has 8 nitrogen and oxygen atoms in total. The Kier molecular flexibility index (Phi) is 7.61. The molecular formula is C24H42B2O8. The molecule has 0 spiro atoms. The van der Waals surface area contributed by atoms with E-state index in [1.54, 1.807) is 0 Å². The maximum atomic E-state index is 11.6. The van der Waals surface area contributed by atoms with E-state index in [1.807, 2.05) is 69.2 Å². The molecule has 2 aliphatic heterocycles. The summed E-state index contributed by atoms with van der Waals surface area (Å²) >= 11 is 0. The van der Waals surface area contributed by atoms with Crippen LogP contribution >= 0.6 is 0 Å². The lowest BCUT2D eigenvalue weighted by atomic mass is 9.80. The maximum absolute atomic E-state index is 11.6. The highest BCUT2D eigenvalue weighted by Gasteiger charge is 2.63. The molecule has 34 heavy (non-hydrogen) atoms. The Labute approximate surface area is 205 Å². The third-order valence-corrected chi connectivity index (χ3v) is 8.10. The number of ether oxygens (including phenoxy) is 2. The van der Waals surface area contributed by atoms with Gasteiger partial charge >= 0.3 is 26.2 Å². The number of carbonyl (C=O) groups excluding carboxylic acids is 2. The van der Waals surface area contributed by atoms with Crippen molar-refractivity contribution in [1.82, 2.24) is 0 Å². The van der Waals surface area contributed by atoms with Gasteiger partial charge in [0, 0.05) is 11.6 Å². The van der Waals surface area contributed by atoms with Crippen molar-refractivity contribution in [2.24, 2.45) is 11.8 Å². The van der Waals surface area contributed by atoms with Crippen molar-refractivity contribution in [1.29, 1.82) is 0 Å². The van der Waals surface area contributed by atoms with E-state index in [0.29, 0.717) is 13.2 Å². The van der Waals surface area contributed by atoms with Gasteiger partial charge in [-0.25, -0.2) is 0 Å².